The average Bonchev–Trinajstić information content (AvgIpc) is 2.46. The average molecular weight is 282 g/mol. The van der Waals surface area contributed by atoms with Gasteiger partial charge in [0.15, 0.2) is 0 Å². The smallest absolute Gasteiger partial charge is 0.0361 e. The first kappa shape index (κ1) is 14.9. The maximum atomic E-state index is 6.41. The van der Waals surface area contributed by atoms with Crippen LogP contribution in [0.25, 0.3) is 0 Å². The van der Waals surface area contributed by atoms with Crippen LogP contribution < -0.4 is 20.4 Å². The number of rotatable bonds is 4. The lowest BCUT2D eigenvalue weighted by Gasteiger charge is -2.29. The largest absolute Gasteiger partial charge is 0.567 e. The molecule has 0 aromatic heterocycles. The fourth-order valence-electron chi connectivity index (χ4n) is 1.97. The van der Waals surface area contributed by atoms with Crippen LogP contribution in [-0.4, -0.2) is 35.8 Å². The van der Waals surface area contributed by atoms with Gasteiger partial charge in [0.05, 0.1) is 0 Å². The molecule has 0 unspecified atom stereocenters. The summed E-state index contributed by atoms with van der Waals surface area (Å²) in [6, 6.07) is 17.0. The molecule has 0 bridgehead atoms. The minimum atomic E-state index is -0.771. The van der Waals surface area contributed by atoms with Crippen molar-refractivity contribution in [2.24, 2.45) is 0 Å². The van der Waals surface area contributed by atoms with Crippen LogP contribution >= 0.6 is 7.80 Å². The molecule has 0 N–H and O–H groups in total. The lowest BCUT2D eigenvalue weighted by molar-refractivity contribution is 1.13. The fraction of sp³-hybridized carbons (Fsp3) is 0.250. The van der Waals surface area contributed by atoms with E-state index in [0.717, 1.165) is 0 Å². The molecule has 0 saturated heterocycles. The van der Waals surface area contributed by atoms with Gasteiger partial charge in [0.1, 0.15) is 0 Å². The molecule has 2 aromatic carbocycles. The third-order valence-corrected chi connectivity index (χ3v) is 5.00. The van der Waals surface area contributed by atoms with Gasteiger partial charge in [0.25, 0.3) is 0 Å². The summed E-state index contributed by atoms with van der Waals surface area (Å²) < 4.78 is 0. The van der Waals surface area contributed by atoms with Crippen molar-refractivity contribution < 1.29 is 0 Å². The zero-order chi connectivity index (χ0) is 14.7. The van der Waals surface area contributed by atoms with Crippen molar-refractivity contribution >= 4 is 37.3 Å². The van der Waals surface area contributed by atoms with Gasteiger partial charge in [-0.05, 0) is 24.3 Å². The maximum Gasteiger partial charge on any atom is 0.0361 e. The summed E-state index contributed by atoms with van der Waals surface area (Å²) in [4.78, 5) is 4.18. The van der Waals surface area contributed by atoms with E-state index in [2.05, 4.69) is 58.3 Å². The number of anilines is 2. The molecule has 2 aromatic rings. The van der Waals surface area contributed by atoms with Crippen LogP contribution in [0, 0.1) is 0 Å². The van der Waals surface area contributed by atoms with Crippen molar-refractivity contribution in [1.29, 1.82) is 0 Å². The molecule has 0 saturated carbocycles. The quantitative estimate of drug-likeness (QED) is 0.627. The molecule has 0 aliphatic heterocycles. The van der Waals surface area contributed by atoms with Gasteiger partial charge < -0.3 is 25.2 Å². The van der Waals surface area contributed by atoms with Gasteiger partial charge in [0.2, 0.25) is 0 Å². The van der Waals surface area contributed by atoms with E-state index in [-0.39, 0.29) is 0 Å². The third-order valence-electron chi connectivity index (χ3n) is 3.29. The highest BCUT2D eigenvalue weighted by Crippen LogP contribution is 2.28. The predicted octanol–water partition coefficient (Wildman–Crippen LogP) is 2.33. The summed E-state index contributed by atoms with van der Waals surface area (Å²) in [6.45, 7) is 0. The van der Waals surface area contributed by atoms with E-state index in [1.807, 2.05) is 28.2 Å². The summed E-state index contributed by atoms with van der Waals surface area (Å²) in [5.74, 6) is 0. The minimum absolute atomic E-state index is 0.771. The van der Waals surface area contributed by atoms with Gasteiger partial charge in [-0.15, -0.1) is 0 Å². The number of benzene rings is 2. The van der Waals surface area contributed by atoms with Gasteiger partial charge in [-0.1, -0.05) is 34.9 Å². The summed E-state index contributed by atoms with van der Waals surface area (Å²) in [7, 11) is 13.8. The Hall–Kier alpha value is -1.47. The van der Waals surface area contributed by atoms with Crippen molar-refractivity contribution in [2.75, 3.05) is 38.0 Å². The zero-order valence-electron chi connectivity index (χ0n) is 12.5. The van der Waals surface area contributed by atoms with E-state index < -0.39 is 7.80 Å². The normalized spacial score (nSPS) is 10.7. The van der Waals surface area contributed by atoms with E-state index in [4.69, 9.17) is 7.57 Å². The Kier molecular flexibility index (Phi) is 4.72. The molecular weight excluding hydrogens is 262 g/mol. The second-order valence-electron chi connectivity index (χ2n) is 5.19. The van der Waals surface area contributed by atoms with Crippen molar-refractivity contribution in [1.82, 2.24) is 0 Å². The molecule has 0 atom stereocenters. The van der Waals surface area contributed by atoms with Gasteiger partial charge in [-0.2, -0.15) is 0 Å². The first-order valence-electron chi connectivity index (χ1n) is 6.58. The molecule has 4 heteroatoms. The zero-order valence-corrected chi connectivity index (χ0v) is 13.4. The van der Waals surface area contributed by atoms with Gasteiger partial charge in [0, 0.05) is 39.6 Å². The molecule has 0 amide bonds. The highest BCUT2D eigenvalue weighted by Gasteiger charge is 2.00. The second kappa shape index (κ2) is 6.32. The predicted molar refractivity (Wildman–Crippen MR) is 93.5 cm³/mol. The van der Waals surface area contributed by atoms with Crippen LogP contribution in [-0.2, 0) is 0 Å². The lowest BCUT2D eigenvalue weighted by Crippen LogP contribution is -2.14. The van der Waals surface area contributed by atoms with Crippen LogP contribution in [0.15, 0.2) is 48.5 Å². The minimum Gasteiger partial charge on any atom is -0.567 e. The highest BCUT2D eigenvalue weighted by molar-refractivity contribution is 7.94. The summed E-state index contributed by atoms with van der Waals surface area (Å²) in [6.07, 6.45) is 0. The van der Waals surface area contributed by atoms with Crippen LogP contribution in [0.5, 0.6) is 0 Å². The fourth-order valence-corrected chi connectivity index (χ4v) is 3.21. The number of hydrogen-bond donors (Lipinski definition) is 0. The monoisotopic (exact) mass is 282 g/mol. The number of nitrogens with zero attached hydrogens (tertiary/aromatic N) is 2. The van der Waals surface area contributed by atoms with Gasteiger partial charge in [-0.25, -0.2) is 0 Å². The van der Waals surface area contributed by atoms with E-state index in [0.29, 0.717) is 0 Å². The van der Waals surface area contributed by atoms with Crippen molar-refractivity contribution in [3.8, 4) is 0 Å². The Balaban J connectivity index is 2.19. The summed E-state index contributed by atoms with van der Waals surface area (Å²) in [5.41, 5.74) is 2.39. The number of hydrogen-bond acceptors (Lipinski definition) is 2. The van der Waals surface area contributed by atoms with E-state index in [1.165, 1.54) is 22.0 Å². The molecule has 103 valence electrons. The van der Waals surface area contributed by atoms with Crippen LogP contribution in [0.2, 0.25) is 0 Å². The lowest BCUT2D eigenvalue weighted by atomic mass is 10.3. The van der Waals surface area contributed by atoms with Crippen molar-refractivity contribution in [2.45, 2.75) is 0 Å². The Labute approximate surface area is 124 Å². The highest BCUT2D eigenvalue weighted by atomic mass is 31.1. The van der Waals surface area contributed by atoms with Crippen molar-refractivity contribution in [3.05, 3.63) is 48.5 Å². The van der Waals surface area contributed by atoms with E-state index >= 15 is 0 Å². The van der Waals surface area contributed by atoms with Crippen LogP contribution in [0.4, 0.5) is 11.4 Å². The summed E-state index contributed by atoms with van der Waals surface area (Å²) in [5, 5.41) is 2.39. The molecular formula is C16H20BN2P-. The molecule has 20 heavy (non-hydrogen) atoms. The van der Waals surface area contributed by atoms with Crippen LogP contribution in [0.1, 0.15) is 0 Å². The third kappa shape index (κ3) is 3.35. The Morgan fingerprint density at radius 1 is 0.650 bits per heavy atom. The van der Waals surface area contributed by atoms with E-state index in [9.17, 15) is 0 Å². The first-order valence-corrected chi connectivity index (χ1v) is 8.00. The molecule has 3 radical (unpaired) electrons. The Morgan fingerprint density at radius 3 is 1.20 bits per heavy atom. The Bertz CT molecular complexity index is 498. The topological polar surface area (TPSA) is 6.48 Å². The SMILES string of the molecule is [B-]P(c1ccc(N(C)C)cc1)c1ccc(N(C)C)cc1. The maximum absolute atomic E-state index is 6.41. The Morgan fingerprint density at radius 2 is 0.950 bits per heavy atom. The van der Waals surface area contributed by atoms with Gasteiger partial charge >= 0.3 is 0 Å². The molecule has 2 rings (SSSR count). The molecule has 2 nitrogen and oxygen atoms in total. The van der Waals surface area contributed by atoms with E-state index in [1.54, 1.807) is 0 Å². The molecule has 0 aliphatic carbocycles. The first-order chi connectivity index (χ1) is 9.49. The van der Waals surface area contributed by atoms with Crippen molar-refractivity contribution in [3.63, 3.8) is 0 Å². The molecule has 0 fully saturated rings. The molecule has 0 aliphatic rings. The van der Waals surface area contributed by atoms with Crippen LogP contribution in [0.3, 0.4) is 0 Å². The standard InChI is InChI=1S/C16H20BN2P/c1-18(2)13-5-9-15(10-6-13)20(17)16-11-7-14(8-12-16)19(3)4/h5-12H,1-4H3/q-1. The second-order valence-corrected chi connectivity index (χ2v) is 6.96. The van der Waals surface area contributed by atoms with Gasteiger partial charge in [-0.3, -0.25) is 0 Å². The molecule has 0 spiro atoms. The summed E-state index contributed by atoms with van der Waals surface area (Å²) >= 11 is 0. The molecule has 0 heterocycles.